The molecule has 0 aromatic heterocycles. The monoisotopic (exact) mass is 273 g/mol. The average molecular weight is 273 g/mol. The molecule has 3 aromatic rings. The maximum Gasteiger partial charge on any atom is 0.133 e. The van der Waals surface area contributed by atoms with E-state index in [0.717, 1.165) is 28.2 Å². The molecule has 0 spiro atoms. The molecule has 102 valence electrons. The van der Waals surface area contributed by atoms with Gasteiger partial charge < -0.3 is 10.5 Å². The normalized spacial score (nSPS) is 14.7. The van der Waals surface area contributed by atoms with E-state index in [4.69, 9.17) is 10.5 Å². The van der Waals surface area contributed by atoms with Gasteiger partial charge in [0.15, 0.2) is 0 Å². The molecule has 0 unspecified atom stereocenters. The summed E-state index contributed by atoms with van der Waals surface area (Å²) in [5.74, 6) is 1.64. The predicted octanol–water partition coefficient (Wildman–Crippen LogP) is 4.04. The van der Waals surface area contributed by atoms with Crippen LogP contribution >= 0.6 is 0 Å². The van der Waals surface area contributed by atoms with Gasteiger partial charge in [-0.3, -0.25) is 0 Å². The van der Waals surface area contributed by atoms with Crippen molar-refractivity contribution >= 4 is 0 Å². The van der Waals surface area contributed by atoms with E-state index in [1.807, 2.05) is 66.7 Å². The molecule has 21 heavy (non-hydrogen) atoms. The molecule has 1 aliphatic rings. The van der Waals surface area contributed by atoms with Crippen LogP contribution in [0.1, 0.15) is 16.7 Å². The molecule has 0 saturated heterocycles. The van der Waals surface area contributed by atoms with Gasteiger partial charge in [0.05, 0.1) is 5.54 Å². The lowest BCUT2D eigenvalue weighted by molar-refractivity contribution is 0.421. The SMILES string of the molecule is NC1(c2ccccc2)c2ccccc2Oc2ccccc21. The molecule has 3 aromatic carbocycles. The summed E-state index contributed by atoms with van der Waals surface area (Å²) in [5, 5.41) is 0. The highest BCUT2D eigenvalue weighted by Gasteiger charge is 2.39. The van der Waals surface area contributed by atoms with Crippen LogP contribution in [0.15, 0.2) is 78.9 Å². The second kappa shape index (κ2) is 4.47. The van der Waals surface area contributed by atoms with Crippen LogP contribution in [0.3, 0.4) is 0 Å². The Labute approximate surface area is 123 Å². The molecular weight excluding hydrogens is 258 g/mol. The lowest BCUT2D eigenvalue weighted by Crippen LogP contribution is -2.41. The van der Waals surface area contributed by atoms with Gasteiger partial charge in [-0.05, 0) is 17.7 Å². The highest BCUT2D eigenvalue weighted by Crippen LogP contribution is 2.48. The molecule has 2 nitrogen and oxygen atoms in total. The number of nitrogens with two attached hydrogens (primary N) is 1. The Morgan fingerprint density at radius 2 is 1.10 bits per heavy atom. The Morgan fingerprint density at radius 1 is 0.619 bits per heavy atom. The zero-order valence-corrected chi connectivity index (χ0v) is 11.5. The third-order valence-electron chi connectivity index (χ3n) is 4.07. The van der Waals surface area contributed by atoms with Crippen LogP contribution in [0.4, 0.5) is 0 Å². The summed E-state index contributed by atoms with van der Waals surface area (Å²) in [4.78, 5) is 0. The highest BCUT2D eigenvalue weighted by atomic mass is 16.5. The third kappa shape index (κ3) is 1.70. The molecule has 0 fully saturated rings. The van der Waals surface area contributed by atoms with Crippen molar-refractivity contribution in [3.63, 3.8) is 0 Å². The molecule has 2 N–H and O–H groups in total. The fraction of sp³-hybridized carbons (Fsp3) is 0.0526. The van der Waals surface area contributed by atoms with Gasteiger partial charge in [-0.2, -0.15) is 0 Å². The second-order valence-electron chi connectivity index (χ2n) is 5.27. The van der Waals surface area contributed by atoms with Crippen molar-refractivity contribution in [1.29, 1.82) is 0 Å². The minimum absolute atomic E-state index is 0.688. The first-order valence-electron chi connectivity index (χ1n) is 7.01. The van der Waals surface area contributed by atoms with Gasteiger partial charge in [-0.25, -0.2) is 0 Å². The minimum atomic E-state index is -0.688. The standard InChI is InChI=1S/C19H15NO/c20-19(14-8-2-1-3-9-14)15-10-4-6-12-17(15)21-18-13-7-5-11-16(18)19/h1-13H,20H2. The zero-order chi connectivity index (χ0) is 14.3. The molecule has 1 aliphatic heterocycles. The van der Waals surface area contributed by atoms with Crippen molar-refractivity contribution in [2.75, 3.05) is 0 Å². The van der Waals surface area contributed by atoms with Crippen LogP contribution in [0, 0.1) is 0 Å². The first-order valence-corrected chi connectivity index (χ1v) is 7.01. The van der Waals surface area contributed by atoms with Gasteiger partial charge in [-0.1, -0.05) is 66.7 Å². The van der Waals surface area contributed by atoms with Crippen LogP contribution in [-0.2, 0) is 5.54 Å². The number of ether oxygens (including phenoxy) is 1. The zero-order valence-electron chi connectivity index (χ0n) is 11.5. The van der Waals surface area contributed by atoms with Crippen LogP contribution in [0.5, 0.6) is 11.5 Å². The van der Waals surface area contributed by atoms with Gasteiger partial charge in [-0.15, -0.1) is 0 Å². The maximum atomic E-state index is 6.92. The highest BCUT2D eigenvalue weighted by molar-refractivity contribution is 5.61. The number of fused-ring (bicyclic) bond motifs is 2. The predicted molar refractivity (Wildman–Crippen MR) is 83.5 cm³/mol. The van der Waals surface area contributed by atoms with E-state index in [0.29, 0.717) is 0 Å². The molecule has 0 aliphatic carbocycles. The van der Waals surface area contributed by atoms with Crippen molar-refractivity contribution in [3.05, 3.63) is 95.6 Å². The van der Waals surface area contributed by atoms with Crippen LogP contribution in [0.25, 0.3) is 0 Å². The summed E-state index contributed by atoms with van der Waals surface area (Å²) >= 11 is 0. The van der Waals surface area contributed by atoms with Gasteiger partial charge in [0.2, 0.25) is 0 Å². The lowest BCUT2D eigenvalue weighted by atomic mass is 9.76. The smallest absolute Gasteiger partial charge is 0.133 e. The number of hydrogen-bond donors (Lipinski definition) is 1. The van der Waals surface area contributed by atoms with E-state index in [-0.39, 0.29) is 0 Å². The molecule has 2 heteroatoms. The molecule has 0 radical (unpaired) electrons. The summed E-state index contributed by atoms with van der Waals surface area (Å²) < 4.78 is 6.01. The van der Waals surface area contributed by atoms with Crippen LogP contribution < -0.4 is 10.5 Å². The van der Waals surface area contributed by atoms with Crippen molar-refractivity contribution in [1.82, 2.24) is 0 Å². The molecular formula is C19H15NO. The van der Waals surface area contributed by atoms with Crippen LogP contribution in [-0.4, -0.2) is 0 Å². The van der Waals surface area contributed by atoms with Gasteiger partial charge >= 0.3 is 0 Å². The van der Waals surface area contributed by atoms with E-state index in [2.05, 4.69) is 12.1 Å². The van der Waals surface area contributed by atoms with Gasteiger partial charge in [0.1, 0.15) is 11.5 Å². The first kappa shape index (κ1) is 12.2. The summed E-state index contributed by atoms with van der Waals surface area (Å²) in [6.07, 6.45) is 0. The summed E-state index contributed by atoms with van der Waals surface area (Å²) in [6.45, 7) is 0. The van der Waals surface area contributed by atoms with Crippen molar-refractivity contribution in [2.45, 2.75) is 5.54 Å². The Hall–Kier alpha value is -2.58. The molecule has 4 rings (SSSR count). The van der Waals surface area contributed by atoms with Gasteiger partial charge in [0.25, 0.3) is 0 Å². The largest absolute Gasteiger partial charge is 0.457 e. The molecule has 0 amide bonds. The molecule has 0 saturated carbocycles. The summed E-state index contributed by atoms with van der Waals surface area (Å²) in [6, 6.07) is 26.1. The molecule has 0 bridgehead atoms. The lowest BCUT2D eigenvalue weighted by Gasteiger charge is -2.37. The van der Waals surface area contributed by atoms with Crippen molar-refractivity contribution in [3.8, 4) is 11.5 Å². The first-order chi connectivity index (χ1) is 10.3. The molecule has 1 heterocycles. The Balaban J connectivity index is 2.06. The number of para-hydroxylation sites is 2. The maximum absolute atomic E-state index is 6.92. The Bertz CT molecular complexity index is 750. The fourth-order valence-electron chi connectivity index (χ4n) is 3.04. The van der Waals surface area contributed by atoms with E-state index in [1.54, 1.807) is 0 Å². The van der Waals surface area contributed by atoms with E-state index in [9.17, 15) is 0 Å². The van der Waals surface area contributed by atoms with Crippen molar-refractivity contribution in [2.24, 2.45) is 5.73 Å². The number of benzene rings is 3. The average Bonchev–Trinajstić information content (AvgIpc) is 2.56. The second-order valence-corrected chi connectivity index (χ2v) is 5.27. The van der Waals surface area contributed by atoms with Crippen molar-refractivity contribution < 1.29 is 4.74 Å². The van der Waals surface area contributed by atoms with Gasteiger partial charge in [0, 0.05) is 11.1 Å². The Kier molecular flexibility index (Phi) is 2.59. The Morgan fingerprint density at radius 3 is 1.67 bits per heavy atom. The summed E-state index contributed by atoms with van der Waals surface area (Å²) in [7, 11) is 0. The van der Waals surface area contributed by atoms with Crippen LogP contribution in [0.2, 0.25) is 0 Å². The molecule has 0 atom stereocenters. The van der Waals surface area contributed by atoms with E-state index >= 15 is 0 Å². The quantitative estimate of drug-likeness (QED) is 0.726. The fourth-order valence-corrected chi connectivity index (χ4v) is 3.04. The topological polar surface area (TPSA) is 35.2 Å². The minimum Gasteiger partial charge on any atom is -0.457 e. The number of rotatable bonds is 1. The number of hydrogen-bond acceptors (Lipinski definition) is 2. The summed E-state index contributed by atoms with van der Waals surface area (Å²) in [5.41, 5.74) is 9.29. The van der Waals surface area contributed by atoms with E-state index in [1.165, 1.54) is 0 Å². The third-order valence-corrected chi connectivity index (χ3v) is 4.07. The van der Waals surface area contributed by atoms with E-state index < -0.39 is 5.54 Å².